The van der Waals surface area contributed by atoms with Gasteiger partial charge in [0, 0.05) is 11.8 Å². The summed E-state index contributed by atoms with van der Waals surface area (Å²) in [6, 6.07) is -0.640. The van der Waals surface area contributed by atoms with E-state index < -0.39 is 35.1 Å². The first kappa shape index (κ1) is 20.6. The predicted octanol–water partition coefficient (Wildman–Crippen LogP) is 2.03. The number of halogens is 2. The van der Waals surface area contributed by atoms with Gasteiger partial charge in [-0.05, 0) is 18.3 Å². The Kier molecular flexibility index (Phi) is 4.80. The Morgan fingerprint density at radius 3 is 2.83 bits per heavy atom. The number of hydrogen-bond donors (Lipinski definition) is 2. The molecule has 2 N–H and O–H groups in total. The fraction of sp³-hybridized carbons (Fsp3) is 0.600. The third-order valence-electron chi connectivity index (χ3n) is 6.22. The van der Waals surface area contributed by atoms with Crippen molar-refractivity contribution in [3.8, 4) is 5.82 Å². The second-order valence-electron chi connectivity index (χ2n) is 9.14. The van der Waals surface area contributed by atoms with Crippen LogP contribution in [-0.4, -0.2) is 38.4 Å². The molecule has 162 valence electrons. The van der Waals surface area contributed by atoms with Crippen LogP contribution in [0.2, 0.25) is 0 Å². The summed E-state index contributed by atoms with van der Waals surface area (Å²) in [5.74, 6) is -5.25. The zero-order valence-electron chi connectivity index (χ0n) is 17.1. The number of hydrogen-bond acceptors (Lipinski definition) is 5. The van der Waals surface area contributed by atoms with Gasteiger partial charge in [-0.1, -0.05) is 27.2 Å². The van der Waals surface area contributed by atoms with Gasteiger partial charge in [-0.2, -0.15) is 9.83 Å². The van der Waals surface area contributed by atoms with Crippen molar-refractivity contribution in [2.75, 3.05) is 6.61 Å². The Bertz CT molecular complexity index is 985. The van der Waals surface area contributed by atoms with E-state index in [1.54, 1.807) is 0 Å². The summed E-state index contributed by atoms with van der Waals surface area (Å²) >= 11 is 0. The van der Waals surface area contributed by atoms with E-state index in [-0.39, 0.29) is 29.4 Å². The van der Waals surface area contributed by atoms with Gasteiger partial charge in [0.1, 0.15) is 0 Å². The normalized spacial score (nSPS) is 23.1. The van der Waals surface area contributed by atoms with Gasteiger partial charge in [0.25, 0.3) is 11.8 Å². The number of nitrogens with one attached hydrogen (secondary N) is 1. The van der Waals surface area contributed by atoms with Crippen LogP contribution in [0, 0.1) is 16.5 Å². The third kappa shape index (κ3) is 3.13. The lowest BCUT2D eigenvalue weighted by Crippen LogP contribution is -2.46. The minimum atomic E-state index is -3.21. The summed E-state index contributed by atoms with van der Waals surface area (Å²) in [4.78, 5) is 17.1. The standard InChI is InChI=1S/C20H25F2N5O3/c1-19(2,3)13(10-28)24-18(29)16-15-17(11-5-4-6-12(11)20(15,21)22)27(25-16)14-9-26(30)8-7-23-14/h7-9,11-13,28H,4-6,10H2,1-3H3,(H,24,29)/t11-,12+,13?/m0/s1. The summed E-state index contributed by atoms with van der Waals surface area (Å²) in [5.41, 5.74) is -0.995. The van der Waals surface area contributed by atoms with Crippen LogP contribution in [-0.2, 0) is 5.92 Å². The Balaban J connectivity index is 1.85. The molecule has 0 bridgehead atoms. The van der Waals surface area contributed by atoms with Gasteiger partial charge in [0.15, 0.2) is 11.9 Å². The Labute approximate surface area is 172 Å². The second kappa shape index (κ2) is 6.97. The van der Waals surface area contributed by atoms with Crippen molar-refractivity contribution in [1.29, 1.82) is 0 Å². The highest BCUT2D eigenvalue weighted by Gasteiger charge is 2.60. The number of carbonyl (C=O) groups is 1. The first-order valence-corrected chi connectivity index (χ1v) is 10.0. The topological polar surface area (TPSA) is 107 Å². The highest BCUT2D eigenvalue weighted by atomic mass is 19.3. The van der Waals surface area contributed by atoms with E-state index in [0.717, 1.165) is 6.20 Å². The highest BCUT2D eigenvalue weighted by molar-refractivity contribution is 5.95. The number of aliphatic hydroxyl groups is 1. The molecule has 2 aliphatic rings. The Hall–Kier alpha value is -2.62. The largest absolute Gasteiger partial charge is 0.619 e. The van der Waals surface area contributed by atoms with Gasteiger partial charge in [-0.15, -0.1) is 0 Å². The molecule has 0 aliphatic heterocycles. The van der Waals surface area contributed by atoms with Crippen molar-refractivity contribution >= 4 is 5.91 Å². The number of aliphatic hydroxyl groups excluding tert-OH is 1. The molecular weight excluding hydrogens is 396 g/mol. The highest BCUT2D eigenvalue weighted by Crippen LogP contribution is 2.60. The zero-order chi connectivity index (χ0) is 21.8. The molecule has 10 heteroatoms. The number of aromatic nitrogens is 4. The lowest BCUT2D eigenvalue weighted by molar-refractivity contribution is -0.605. The van der Waals surface area contributed by atoms with Gasteiger partial charge in [-0.3, -0.25) is 4.79 Å². The van der Waals surface area contributed by atoms with Crippen LogP contribution >= 0.6 is 0 Å². The molecule has 1 fully saturated rings. The van der Waals surface area contributed by atoms with Crippen molar-refractivity contribution in [3.63, 3.8) is 0 Å². The summed E-state index contributed by atoms with van der Waals surface area (Å²) in [7, 11) is 0. The van der Waals surface area contributed by atoms with Crippen LogP contribution in [0.5, 0.6) is 0 Å². The van der Waals surface area contributed by atoms with Crippen molar-refractivity contribution in [2.45, 2.75) is 57.9 Å². The lowest BCUT2D eigenvalue weighted by Gasteiger charge is -2.29. The van der Waals surface area contributed by atoms with Gasteiger partial charge >= 0.3 is 0 Å². The maximum absolute atomic E-state index is 15.4. The number of amides is 1. The molecule has 3 atom stereocenters. The molecule has 1 unspecified atom stereocenters. The smallest absolute Gasteiger partial charge is 0.280 e. The SMILES string of the molecule is CC(C)(C)C(CO)NC(=O)c1nn(-c2c[n+]([O-])ccn2)c2c1C(F)(F)[C@@H]1CCC[C@H]21. The lowest BCUT2D eigenvalue weighted by atomic mass is 9.87. The predicted molar refractivity (Wildman–Crippen MR) is 102 cm³/mol. The van der Waals surface area contributed by atoms with E-state index in [2.05, 4.69) is 15.4 Å². The maximum atomic E-state index is 15.4. The third-order valence-corrected chi connectivity index (χ3v) is 6.22. The summed E-state index contributed by atoms with van der Waals surface area (Å²) in [6.45, 7) is 5.15. The van der Waals surface area contributed by atoms with E-state index in [9.17, 15) is 15.1 Å². The first-order chi connectivity index (χ1) is 14.1. The van der Waals surface area contributed by atoms with Crippen LogP contribution in [0.1, 0.15) is 67.7 Å². The molecule has 2 heterocycles. The molecule has 1 amide bonds. The van der Waals surface area contributed by atoms with Crippen molar-refractivity contribution < 1.29 is 23.4 Å². The van der Waals surface area contributed by atoms with Crippen LogP contribution in [0.3, 0.4) is 0 Å². The average Bonchev–Trinajstić information content (AvgIpc) is 3.33. The molecular formula is C20H25F2N5O3. The maximum Gasteiger partial charge on any atom is 0.280 e. The summed E-state index contributed by atoms with van der Waals surface area (Å²) < 4.78 is 32.5. The molecule has 0 spiro atoms. The molecule has 0 radical (unpaired) electrons. The Morgan fingerprint density at radius 1 is 1.47 bits per heavy atom. The molecule has 0 saturated heterocycles. The molecule has 4 rings (SSSR count). The summed E-state index contributed by atoms with van der Waals surface area (Å²) in [5, 5.41) is 28.2. The molecule has 30 heavy (non-hydrogen) atoms. The summed E-state index contributed by atoms with van der Waals surface area (Å²) in [6.07, 6.45) is 5.17. The van der Waals surface area contributed by atoms with Crippen LogP contribution in [0.4, 0.5) is 8.78 Å². The molecule has 1 saturated carbocycles. The number of alkyl halides is 2. The van der Waals surface area contributed by atoms with Crippen molar-refractivity contribution in [1.82, 2.24) is 20.1 Å². The van der Waals surface area contributed by atoms with Gasteiger partial charge in [-0.25, -0.2) is 18.4 Å². The van der Waals surface area contributed by atoms with E-state index in [0.29, 0.717) is 24.0 Å². The quantitative estimate of drug-likeness (QED) is 0.580. The molecule has 8 nitrogen and oxygen atoms in total. The average molecular weight is 421 g/mol. The van der Waals surface area contributed by atoms with Gasteiger partial charge < -0.3 is 15.6 Å². The first-order valence-electron chi connectivity index (χ1n) is 10.0. The van der Waals surface area contributed by atoms with Crippen LogP contribution in [0.25, 0.3) is 5.82 Å². The van der Waals surface area contributed by atoms with E-state index in [1.165, 1.54) is 17.1 Å². The number of fused-ring (bicyclic) bond motifs is 3. The molecule has 0 aromatic carbocycles. The van der Waals surface area contributed by atoms with Crippen LogP contribution < -0.4 is 10.0 Å². The van der Waals surface area contributed by atoms with E-state index in [1.807, 2.05) is 20.8 Å². The number of rotatable bonds is 4. The minimum Gasteiger partial charge on any atom is -0.619 e. The second-order valence-corrected chi connectivity index (χ2v) is 9.14. The monoisotopic (exact) mass is 421 g/mol. The molecule has 2 aromatic rings. The van der Waals surface area contributed by atoms with Gasteiger partial charge in [0.05, 0.1) is 30.1 Å². The number of nitrogens with zero attached hydrogens (tertiary/aromatic N) is 4. The number of carbonyl (C=O) groups excluding carboxylic acids is 1. The van der Waals surface area contributed by atoms with E-state index >= 15 is 8.78 Å². The van der Waals surface area contributed by atoms with Crippen molar-refractivity contribution in [2.24, 2.45) is 11.3 Å². The fourth-order valence-corrected chi connectivity index (χ4v) is 4.58. The fourth-order valence-electron chi connectivity index (χ4n) is 4.58. The minimum absolute atomic E-state index is 0.0840. The van der Waals surface area contributed by atoms with Crippen LogP contribution in [0.15, 0.2) is 18.6 Å². The van der Waals surface area contributed by atoms with Gasteiger partial charge in [0.2, 0.25) is 12.0 Å². The molecule has 2 aliphatic carbocycles. The molecule has 2 aromatic heterocycles. The van der Waals surface area contributed by atoms with Crippen molar-refractivity contribution in [3.05, 3.63) is 40.7 Å². The van der Waals surface area contributed by atoms with E-state index in [4.69, 9.17) is 0 Å². The zero-order valence-corrected chi connectivity index (χ0v) is 17.1. The Morgan fingerprint density at radius 2 is 2.20 bits per heavy atom.